The summed E-state index contributed by atoms with van der Waals surface area (Å²) in [6.45, 7) is 3.71. The summed E-state index contributed by atoms with van der Waals surface area (Å²) in [6.07, 6.45) is 3.15. The average Bonchev–Trinajstić information content (AvgIpc) is 2.65. The van der Waals surface area contributed by atoms with Crippen molar-refractivity contribution in [1.82, 2.24) is 0 Å². The van der Waals surface area contributed by atoms with Crippen LogP contribution in [0.4, 0.5) is 0 Å². The molecule has 0 aliphatic rings. The Balaban J connectivity index is 4.63. The second-order valence-corrected chi connectivity index (χ2v) is 6.37. The van der Waals surface area contributed by atoms with Gasteiger partial charge in [-0.1, -0.05) is 0 Å². The fourth-order valence-electron chi connectivity index (χ4n) is 2.22. The lowest BCUT2D eigenvalue weighted by Gasteiger charge is -2.33. The van der Waals surface area contributed by atoms with Crippen molar-refractivity contribution in [2.45, 2.75) is 32.1 Å². The minimum atomic E-state index is -0.500. The maximum atomic E-state index is 8.90. The summed E-state index contributed by atoms with van der Waals surface area (Å²) in [6, 6.07) is 0. The summed E-state index contributed by atoms with van der Waals surface area (Å²) in [5.74, 6) is 0. The van der Waals surface area contributed by atoms with Crippen LogP contribution < -0.4 is 0 Å². The molecule has 0 aliphatic heterocycles. The van der Waals surface area contributed by atoms with Gasteiger partial charge in [-0.3, -0.25) is 0 Å². The van der Waals surface area contributed by atoms with Crippen LogP contribution in [0.1, 0.15) is 32.1 Å². The van der Waals surface area contributed by atoms with Crippen LogP contribution in [0.25, 0.3) is 0 Å². The van der Waals surface area contributed by atoms with Crippen LogP contribution in [0, 0.1) is 5.41 Å². The van der Waals surface area contributed by atoms with Crippen molar-refractivity contribution in [1.29, 1.82) is 0 Å². The van der Waals surface area contributed by atoms with E-state index in [1.807, 2.05) is 0 Å². The smallest absolute Gasteiger partial charge is 0.0637 e. The fourth-order valence-corrected chi connectivity index (χ4v) is 2.22. The van der Waals surface area contributed by atoms with E-state index in [1.165, 1.54) is 0 Å². The topological polar surface area (TPSA) is 118 Å². The van der Waals surface area contributed by atoms with Crippen LogP contribution in [0.3, 0.4) is 0 Å². The van der Waals surface area contributed by atoms with Gasteiger partial charge in [-0.15, -0.1) is 0 Å². The van der Waals surface area contributed by atoms with Crippen molar-refractivity contribution in [3.8, 4) is 0 Å². The fraction of sp³-hybridized carbons (Fsp3) is 1.00. The van der Waals surface area contributed by atoms with Gasteiger partial charge in [-0.2, -0.15) is 0 Å². The molecule has 4 N–H and O–H groups in total. The zero-order chi connectivity index (χ0) is 19.3. The van der Waals surface area contributed by atoms with E-state index in [2.05, 4.69) is 0 Å². The van der Waals surface area contributed by atoms with Gasteiger partial charge in [0.2, 0.25) is 0 Å². The second-order valence-electron chi connectivity index (χ2n) is 6.37. The van der Waals surface area contributed by atoms with Gasteiger partial charge in [-0.25, -0.2) is 0 Å². The molecule has 0 aromatic carbocycles. The number of unbranched alkanes of at least 4 members (excludes halogenated alkanes) is 1. The minimum absolute atomic E-state index is 0.0741. The summed E-state index contributed by atoms with van der Waals surface area (Å²) in [5.41, 5.74) is -0.500. The highest BCUT2D eigenvalue weighted by Gasteiger charge is 2.32. The van der Waals surface area contributed by atoms with Crippen molar-refractivity contribution in [2.24, 2.45) is 5.41 Å². The molecule has 0 bridgehead atoms. The highest BCUT2D eigenvalue weighted by atomic mass is 16.5. The Morgan fingerprint density at radius 1 is 0.423 bits per heavy atom. The molecule has 0 spiro atoms. The second kappa shape index (κ2) is 19.4. The lowest BCUT2D eigenvalue weighted by Crippen LogP contribution is -2.42. The maximum Gasteiger partial charge on any atom is 0.0637 e. The van der Waals surface area contributed by atoms with Crippen LogP contribution in [0.5, 0.6) is 0 Å². The Kier molecular flexibility index (Phi) is 19.2. The Morgan fingerprint density at radius 3 is 1.04 bits per heavy atom. The third kappa shape index (κ3) is 14.8. The molecule has 26 heavy (non-hydrogen) atoms. The lowest BCUT2D eigenvalue weighted by molar-refractivity contribution is -0.109. The normalized spacial score (nSPS) is 12.0. The molecule has 0 heterocycles. The van der Waals surface area contributed by atoms with Crippen molar-refractivity contribution in [2.75, 3.05) is 79.3 Å². The van der Waals surface area contributed by atoms with E-state index in [4.69, 9.17) is 39.4 Å². The predicted octanol–water partition coefficient (Wildman–Crippen LogP) is -0.0411. The first kappa shape index (κ1) is 25.7. The van der Waals surface area contributed by atoms with E-state index in [-0.39, 0.29) is 26.4 Å². The van der Waals surface area contributed by atoms with Crippen molar-refractivity contribution in [3.63, 3.8) is 0 Å². The van der Waals surface area contributed by atoms with E-state index in [1.54, 1.807) is 0 Å². The number of aliphatic hydroxyl groups is 4. The van der Waals surface area contributed by atoms with E-state index in [0.717, 1.165) is 6.42 Å². The standard InChI is InChI=1S/C18H38O8/c19-6-1-2-10-23-14-18(15-24-11-3-7-20,16-25-12-4-8-21)17-26-13-5-9-22/h19-22H,1-17H2. The van der Waals surface area contributed by atoms with Gasteiger partial charge in [0.05, 0.1) is 31.8 Å². The molecule has 0 fully saturated rings. The highest BCUT2D eigenvalue weighted by Crippen LogP contribution is 2.21. The van der Waals surface area contributed by atoms with Crippen molar-refractivity contribution >= 4 is 0 Å². The first-order chi connectivity index (χ1) is 12.7. The van der Waals surface area contributed by atoms with Crippen molar-refractivity contribution < 1.29 is 39.4 Å². The number of hydrogen-bond acceptors (Lipinski definition) is 8. The zero-order valence-corrected chi connectivity index (χ0v) is 15.9. The zero-order valence-electron chi connectivity index (χ0n) is 15.9. The molecule has 0 aliphatic carbocycles. The largest absolute Gasteiger partial charge is 0.396 e. The summed E-state index contributed by atoms with van der Waals surface area (Å²) in [7, 11) is 0. The molecule has 8 heteroatoms. The summed E-state index contributed by atoms with van der Waals surface area (Å²) >= 11 is 0. The Hall–Kier alpha value is -0.320. The predicted molar refractivity (Wildman–Crippen MR) is 97.1 cm³/mol. The maximum absolute atomic E-state index is 8.90. The Bertz CT molecular complexity index is 247. The van der Waals surface area contributed by atoms with Crippen LogP contribution >= 0.6 is 0 Å². The molecule has 0 aromatic rings. The molecule has 158 valence electrons. The number of aliphatic hydroxyl groups excluding tert-OH is 4. The quantitative estimate of drug-likeness (QED) is 0.204. The Morgan fingerprint density at radius 2 is 0.731 bits per heavy atom. The van der Waals surface area contributed by atoms with Gasteiger partial charge >= 0.3 is 0 Å². The van der Waals surface area contributed by atoms with Gasteiger partial charge in [0, 0.05) is 52.9 Å². The van der Waals surface area contributed by atoms with E-state index in [9.17, 15) is 0 Å². The van der Waals surface area contributed by atoms with Crippen LogP contribution in [-0.2, 0) is 18.9 Å². The SMILES string of the molecule is OCCCCOCC(COCCCO)(COCCCO)COCCCO. The average molecular weight is 382 g/mol. The summed E-state index contributed by atoms with van der Waals surface area (Å²) in [5, 5.41) is 35.5. The third-order valence-electron chi connectivity index (χ3n) is 3.67. The van der Waals surface area contributed by atoms with Crippen LogP contribution in [0.2, 0.25) is 0 Å². The van der Waals surface area contributed by atoms with Crippen molar-refractivity contribution in [3.05, 3.63) is 0 Å². The van der Waals surface area contributed by atoms with Gasteiger partial charge in [-0.05, 0) is 32.1 Å². The van der Waals surface area contributed by atoms with Gasteiger partial charge in [0.25, 0.3) is 0 Å². The summed E-state index contributed by atoms with van der Waals surface area (Å²) in [4.78, 5) is 0. The lowest BCUT2D eigenvalue weighted by atomic mass is 9.92. The van der Waals surface area contributed by atoms with Gasteiger partial charge in [0.1, 0.15) is 0 Å². The van der Waals surface area contributed by atoms with Crippen LogP contribution in [0.15, 0.2) is 0 Å². The molecule has 8 nitrogen and oxygen atoms in total. The molecular formula is C18H38O8. The molecule has 0 rings (SSSR count). The van der Waals surface area contributed by atoms with E-state index < -0.39 is 5.41 Å². The molecule has 0 aromatic heterocycles. The molecule has 0 unspecified atom stereocenters. The third-order valence-corrected chi connectivity index (χ3v) is 3.67. The van der Waals surface area contributed by atoms with E-state index >= 15 is 0 Å². The Labute approximate surface area is 157 Å². The highest BCUT2D eigenvalue weighted by molar-refractivity contribution is 4.79. The van der Waals surface area contributed by atoms with Gasteiger partial charge < -0.3 is 39.4 Å². The molecule has 0 radical (unpaired) electrons. The summed E-state index contributed by atoms with van der Waals surface area (Å²) < 4.78 is 22.9. The number of ether oxygens (including phenoxy) is 4. The molecule has 0 atom stereocenters. The molecule has 0 amide bonds. The van der Waals surface area contributed by atoms with E-state index in [0.29, 0.717) is 78.5 Å². The first-order valence-electron chi connectivity index (χ1n) is 9.49. The minimum Gasteiger partial charge on any atom is -0.396 e. The van der Waals surface area contributed by atoms with Gasteiger partial charge in [0.15, 0.2) is 0 Å². The first-order valence-corrected chi connectivity index (χ1v) is 9.49. The molecular weight excluding hydrogens is 344 g/mol. The molecule has 0 saturated carbocycles. The number of hydrogen-bond donors (Lipinski definition) is 4. The number of rotatable bonds is 21. The monoisotopic (exact) mass is 382 g/mol. The van der Waals surface area contributed by atoms with Crippen LogP contribution in [-0.4, -0.2) is 99.7 Å². The molecule has 0 saturated heterocycles.